The molecular formula is C19H26FN5OS. The second kappa shape index (κ2) is 9.23. The lowest BCUT2D eigenvalue weighted by molar-refractivity contribution is -0.124. The van der Waals surface area contributed by atoms with Crippen molar-refractivity contribution in [3.05, 3.63) is 41.5 Å². The van der Waals surface area contributed by atoms with Gasteiger partial charge in [0.05, 0.1) is 0 Å². The molecule has 27 heavy (non-hydrogen) atoms. The van der Waals surface area contributed by atoms with Crippen LogP contribution < -0.4 is 10.2 Å². The summed E-state index contributed by atoms with van der Waals surface area (Å²) in [5.41, 5.74) is 1.01. The minimum absolute atomic E-state index is 0.0309. The molecule has 3 rings (SSSR count). The smallest absolute Gasteiger partial charge is 0.222 e. The van der Waals surface area contributed by atoms with Gasteiger partial charge >= 0.3 is 0 Å². The van der Waals surface area contributed by atoms with Crippen LogP contribution in [0, 0.1) is 11.7 Å². The number of amides is 1. The quantitative estimate of drug-likeness (QED) is 0.784. The van der Waals surface area contributed by atoms with E-state index in [1.54, 1.807) is 12.1 Å². The molecular weight excluding hydrogens is 365 g/mol. The van der Waals surface area contributed by atoms with Crippen LogP contribution in [-0.4, -0.2) is 59.4 Å². The Balaban J connectivity index is 1.44. The maximum Gasteiger partial charge on any atom is 0.222 e. The van der Waals surface area contributed by atoms with Crippen LogP contribution in [0.15, 0.2) is 24.3 Å². The number of halogens is 1. The van der Waals surface area contributed by atoms with E-state index in [4.69, 9.17) is 0 Å². The van der Waals surface area contributed by atoms with Gasteiger partial charge in [-0.3, -0.25) is 9.69 Å². The molecule has 0 unspecified atom stereocenters. The number of hydrogen-bond donors (Lipinski definition) is 1. The summed E-state index contributed by atoms with van der Waals surface area (Å²) < 4.78 is 17.4. The molecule has 0 aliphatic carbocycles. The largest absolute Gasteiger partial charge is 0.355 e. The highest BCUT2D eigenvalue weighted by Gasteiger charge is 2.20. The zero-order chi connectivity index (χ0) is 19.2. The van der Waals surface area contributed by atoms with E-state index in [-0.39, 0.29) is 17.6 Å². The van der Waals surface area contributed by atoms with Gasteiger partial charge in [-0.25, -0.2) is 9.37 Å². The van der Waals surface area contributed by atoms with Crippen molar-refractivity contribution in [2.45, 2.75) is 20.3 Å². The van der Waals surface area contributed by atoms with Gasteiger partial charge in [0.25, 0.3) is 0 Å². The number of aromatic nitrogens is 2. The van der Waals surface area contributed by atoms with E-state index in [1.807, 2.05) is 13.8 Å². The molecule has 1 aromatic carbocycles. The molecule has 2 aromatic rings. The molecule has 0 radical (unpaired) electrons. The molecule has 0 spiro atoms. The summed E-state index contributed by atoms with van der Waals surface area (Å²) in [5.74, 6) is 0.687. The van der Waals surface area contributed by atoms with E-state index in [2.05, 4.69) is 24.5 Å². The minimum atomic E-state index is -0.229. The van der Waals surface area contributed by atoms with Crippen LogP contribution >= 0.6 is 11.5 Å². The molecule has 1 aliphatic heterocycles. The third kappa shape index (κ3) is 5.71. The summed E-state index contributed by atoms with van der Waals surface area (Å²) in [6.45, 7) is 9.08. The van der Waals surface area contributed by atoms with E-state index in [9.17, 15) is 9.18 Å². The first-order chi connectivity index (χ1) is 13.0. The van der Waals surface area contributed by atoms with Crippen molar-refractivity contribution in [3.8, 4) is 0 Å². The first-order valence-corrected chi connectivity index (χ1v) is 10.1. The van der Waals surface area contributed by atoms with Crippen molar-refractivity contribution in [2.24, 2.45) is 5.92 Å². The van der Waals surface area contributed by atoms with Gasteiger partial charge < -0.3 is 10.2 Å². The van der Waals surface area contributed by atoms with E-state index in [0.29, 0.717) is 13.0 Å². The second-order valence-electron chi connectivity index (χ2n) is 7.07. The normalized spacial score (nSPS) is 15.3. The van der Waals surface area contributed by atoms with Crippen molar-refractivity contribution >= 4 is 22.6 Å². The topological polar surface area (TPSA) is 61.4 Å². The Morgan fingerprint density at radius 3 is 2.59 bits per heavy atom. The standard InChI is InChI=1S/C19H26FN5OS/c1-14(2)18(26)21-7-8-24-9-11-25(12-10-24)19-22-17(23-27-19)13-15-3-5-16(20)6-4-15/h3-6,14H,7-13H2,1-2H3,(H,21,26). The molecule has 1 saturated heterocycles. The Hall–Kier alpha value is -2.06. The molecule has 1 aromatic heterocycles. The molecule has 0 bridgehead atoms. The van der Waals surface area contributed by atoms with Gasteiger partial charge in [-0.15, -0.1) is 0 Å². The number of carbonyl (C=O) groups is 1. The third-order valence-electron chi connectivity index (χ3n) is 4.63. The lowest BCUT2D eigenvalue weighted by atomic mass is 10.1. The molecule has 8 heteroatoms. The van der Waals surface area contributed by atoms with Crippen LogP contribution in [0.1, 0.15) is 25.2 Å². The molecule has 6 nitrogen and oxygen atoms in total. The monoisotopic (exact) mass is 391 g/mol. The van der Waals surface area contributed by atoms with Crippen molar-refractivity contribution in [3.63, 3.8) is 0 Å². The van der Waals surface area contributed by atoms with Crippen LogP contribution in [0.2, 0.25) is 0 Å². The van der Waals surface area contributed by atoms with Crippen LogP contribution in [0.4, 0.5) is 9.52 Å². The Morgan fingerprint density at radius 1 is 1.22 bits per heavy atom. The molecule has 1 N–H and O–H groups in total. The lowest BCUT2D eigenvalue weighted by Gasteiger charge is -2.34. The summed E-state index contributed by atoms with van der Waals surface area (Å²) in [6.07, 6.45) is 0.617. The van der Waals surface area contributed by atoms with Crippen molar-refractivity contribution in [2.75, 3.05) is 44.2 Å². The first kappa shape index (κ1) is 19.7. The molecule has 2 heterocycles. The number of anilines is 1. The minimum Gasteiger partial charge on any atom is -0.355 e. The average Bonchev–Trinajstić information content (AvgIpc) is 3.12. The number of hydrogen-bond acceptors (Lipinski definition) is 6. The number of nitrogens with one attached hydrogen (secondary N) is 1. The lowest BCUT2D eigenvalue weighted by Crippen LogP contribution is -2.48. The molecule has 0 atom stereocenters. The second-order valence-corrected chi connectivity index (χ2v) is 7.80. The zero-order valence-electron chi connectivity index (χ0n) is 15.8. The third-order valence-corrected chi connectivity index (χ3v) is 5.44. The summed E-state index contributed by atoms with van der Waals surface area (Å²) in [6, 6.07) is 6.47. The highest BCUT2D eigenvalue weighted by atomic mass is 32.1. The fraction of sp³-hybridized carbons (Fsp3) is 0.526. The van der Waals surface area contributed by atoms with Gasteiger partial charge in [-0.2, -0.15) is 4.37 Å². The summed E-state index contributed by atoms with van der Waals surface area (Å²) in [7, 11) is 0. The predicted octanol–water partition coefficient (Wildman–Crippen LogP) is 2.16. The number of benzene rings is 1. The SMILES string of the molecule is CC(C)C(=O)NCCN1CCN(c2nc(Cc3ccc(F)cc3)ns2)CC1. The first-order valence-electron chi connectivity index (χ1n) is 9.33. The number of carbonyl (C=O) groups excluding carboxylic acids is 1. The Bertz CT molecular complexity index is 741. The van der Waals surface area contributed by atoms with E-state index in [1.165, 1.54) is 23.7 Å². The Labute approximate surface area is 163 Å². The fourth-order valence-corrected chi connectivity index (χ4v) is 3.67. The fourth-order valence-electron chi connectivity index (χ4n) is 2.93. The van der Waals surface area contributed by atoms with E-state index >= 15 is 0 Å². The molecule has 1 amide bonds. The summed E-state index contributed by atoms with van der Waals surface area (Å²) in [5, 5.41) is 3.91. The van der Waals surface area contributed by atoms with Gasteiger partial charge in [-0.05, 0) is 17.7 Å². The van der Waals surface area contributed by atoms with Crippen molar-refractivity contribution < 1.29 is 9.18 Å². The van der Waals surface area contributed by atoms with E-state index in [0.717, 1.165) is 49.2 Å². The van der Waals surface area contributed by atoms with Gasteiger partial charge in [0.1, 0.15) is 11.6 Å². The van der Waals surface area contributed by atoms with Crippen LogP contribution in [0.5, 0.6) is 0 Å². The highest BCUT2D eigenvalue weighted by molar-refractivity contribution is 7.09. The maximum absolute atomic E-state index is 13.0. The van der Waals surface area contributed by atoms with Gasteiger partial charge in [0.15, 0.2) is 0 Å². The van der Waals surface area contributed by atoms with Gasteiger partial charge in [0, 0.05) is 63.1 Å². The Kier molecular flexibility index (Phi) is 6.73. The average molecular weight is 392 g/mol. The van der Waals surface area contributed by atoms with Crippen LogP contribution in [-0.2, 0) is 11.2 Å². The van der Waals surface area contributed by atoms with Gasteiger partial charge in [-0.1, -0.05) is 26.0 Å². The summed E-state index contributed by atoms with van der Waals surface area (Å²) in [4.78, 5) is 20.9. The predicted molar refractivity (Wildman–Crippen MR) is 106 cm³/mol. The van der Waals surface area contributed by atoms with Gasteiger partial charge in [0.2, 0.25) is 11.0 Å². The molecule has 1 aliphatic rings. The number of rotatable bonds is 7. The number of nitrogens with zero attached hydrogens (tertiary/aromatic N) is 4. The zero-order valence-corrected chi connectivity index (χ0v) is 16.6. The van der Waals surface area contributed by atoms with Crippen LogP contribution in [0.3, 0.4) is 0 Å². The molecule has 0 saturated carbocycles. The van der Waals surface area contributed by atoms with Crippen molar-refractivity contribution in [1.29, 1.82) is 0 Å². The number of piperazine rings is 1. The summed E-state index contributed by atoms with van der Waals surface area (Å²) >= 11 is 1.42. The van der Waals surface area contributed by atoms with Crippen molar-refractivity contribution in [1.82, 2.24) is 19.6 Å². The van der Waals surface area contributed by atoms with Crippen LogP contribution in [0.25, 0.3) is 0 Å². The molecule has 1 fully saturated rings. The van der Waals surface area contributed by atoms with E-state index < -0.39 is 0 Å². The maximum atomic E-state index is 13.0. The highest BCUT2D eigenvalue weighted by Crippen LogP contribution is 2.20. The molecule has 146 valence electrons. The Morgan fingerprint density at radius 2 is 1.93 bits per heavy atom.